The molecule has 0 aliphatic heterocycles. The van der Waals surface area contributed by atoms with E-state index in [4.69, 9.17) is 0 Å². The summed E-state index contributed by atoms with van der Waals surface area (Å²) in [4.78, 5) is 45.9. The molecule has 0 amide bonds. The summed E-state index contributed by atoms with van der Waals surface area (Å²) in [7, 11) is 0. The fourth-order valence-corrected chi connectivity index (χ4v) is 9.46. The van der Waals surface area contributed by atoms with Crippen LogP contribution >= 0.6 is 0 Å². The zero-order valence-electron chi connectivity index (χ0n) is 12.4. The number of rotatable bonds is 8. The van der Waals surface area contributed by atoms with Gasteiger partial charge in [0.25, 0.3) is 0 Å². The summed E-state index contributed by atoms with van der Waals surface area (Å²) in [5.41, 5.74) is 0. The molecule has 0 heterocycles. The summed E-state index contributed by atoms with van der Waals surface area (Å²) in [6, 6.07) is 3.78. The average Bonchev–Trinajstić information content (AvgIpc) is 2.31. The average molecular weight is 562 g/mol. The van der Waals surface area contributed by atoms with Crippen LogP contribution in [0.3, 0.4) is 0 Å². The van der Waals surface area contributed by atoms with E-state index in [-0.39, 0.29) is 78.6 Å². The molecule has 0 aliphatic rings. The standard InChI is InChI=1S/C14H14O4Se4/c1-7(15)19-11-5-13(21-9(3)17)14(22-10(4)18)6-12(11)20-8(2)16/h5-6H,1-4H3. The number of benzene rings is 1. The Kier molecular flexibility index (Phi) is 8.48. The number of hydrogen-bond acceptors (Lipinski definition) is 4. The van der Waals surface area contributed by atoms with Gasteiger partial charge in [0.1, 0.15) is 0 Å². The Balaban J connectivity index is 3.39. The second kappa shape index (κ2) is 9.32. The predicted molar refractivity (Wildman–Crippen MR) is 90.7 cm³/mol. The molecule has 0 saturated heterocycles. The molecule has 0 fully saturated rings. The Morgan fingerprint density at radius 1 is 0.545 bits per heavy atom. The fraction of sp³-hybridized carbons (Fsp3) is 0.286. The topological polar surface area (TPSA) is 68.3 Å². The molecule has 0 aromatic heterocycles. The van der Waals surface area contributed by atoms with E-state index < -0.39 is 0 Å². The zero-order chi connectivity index (χ0) is 16.9. The fourth-order valence-electron chi connectivity index (χ4n) is 1.46. The van der Waals surface area contributed by atoms with Crippen molar-refractivity contribution in [3.63, 3.8) is 0 Å². The summed E-state index contributed by atoms with van der Waals surface area (Å²) in [6.45, 7) is 6.14. The molecule has 0 aliphatic carbocycles. The van der Waals surface area contributed by atoms with Crippen LogP contribution in [-0.4, -0.2) is 78.6 Å². The molecule has 1 aromatic carbocycles. The van der Waals surface area contributed by atoms with Crippen molar-refractivity contribution in [2.24, 2.45) is 0 Å². The summed E-state index contributed by atoms with van der Waals surface area (Å²) in [5.74, 6) is 0. The summed E-state index contributed by atoms with van der Waals surface area (Å²) in [5, 5.41) is 0. The first kappa shape index (κ1) is 20.0. The molecule has 0 unspecified atom stereocenters. The Morgan fingerprint density at radius 3 is 0.864 bits per heavy atom. The third kappa shape index (κ3) is 7.04. The van der Waals surface area contributed by atoms with E-state index in [0.717, 1.165) is 17.8 Å². The van der Waals surface area contributed by atoms with E-state index in [9.17, 15) is 19.2 Å². The Hall–Kier alpha value is -0.0221. The van der Waals surface area contributed by atoms with Crippen molar-refractivity contribution in [2.75, 3.05) is 0 Å². The molecule has 1 rings (SSSR count). The molecule has 0 radical (unpaired) electrons. The van der Waals surface area contributed by atoms with Crippen LogP contribution in [-0.2, 0) is 19.2 Å². The second-order valence-corrected chi connectivity index (χ2v) is 14.3. The van der Waals surface area contributed by atoms with E-state index in [1.807, 2.05) is 12.1 Å². The van der Waals surface area contributed by atoms with Gasteiger partial charge in [0, 0.05) is 0 Å². The van der Waals surface area contributed by atoms with Gasteiger partial charge in [-0.3, -0.25) is 0 Å². The van der Waals surface area contributed by atoms with Crippen LogP contribution < -0.4 is 17.8 Å². The first-order valence-electron chi connectivity index (χ1n) is 6.10. The van der Waals surface area contributed by atoms with Crippen LogP contribution in [0.5, 0.6) is 0 Å². The van der Waals surface area contributed by atoms with Crippen molar-refractivity contribution in [1.29, 1.82) is 0 Å². The van der Waals surface area contributed by atoms with Crippen molar-refractivity contribution in [3.05, 3.63) is 12.1 Å². The van der Waals surface area contributed by atoms with Crippen LogP contribution in [0.15, 0.2) is 12.1 Å². The molecule has 22 heavy (non-hydrogen) atoms. The number of carbonyl (C=O) groups excluding carboxylic acids is 4. The molecular formula is C14H14O4Se4. The van der Waals surface area contributed by atoms with Gasteiger partial charge in [-0.15, -0.1) is 0 Å². The van der Waals surface area contributed by atoms with Crippen molar-refractivity contribution in [3.8, 4) is 0 Å². The molecule has 1 aromatic rings. The summed E-state index contributed by atoms with van der Waals surface area (Å²) < 4.78 is 3.87. The van der Waals surface area contributed by atoms with Crippen molar-refractivity contribution in [1.82, 2.24) is 0 Å². The molecule has 0 spiro atoms. The van der Waals surface area contributed by atoms with E-state index in [1.165, 1.54) is 27.7 Å². The van der Waals surface area contributed by atoms with Gasteiger partial charge in [0.05, 0.1) is 0 Å². The van der Waals surface area contributed by atoms with Crippen LogP contribution in [0.4, 0.5) is 0 Å². The maximum atomic E-state index is 11.5. The van der Waals surface area contributed by atoms with Crippen LogP contribution in [0.1, 0.15) is 27.7 Å². The van der Waals surface area contributed by atoms with Gasteiger partial charge in [-0.1, -0.05) is 0 Å². The third-order valence-corrected chi connectivity index (χ3v) is 10.4. The monoisotopic (exact) mass is 566 g/mol. The summed E-state index contributed by atoms with van der Waals surface area (Å²) >= 11 is -1.41. The van der Waals surface area contributed by atoms with Crippen molar-refractivity contribution in [2.45, 2.75) is 27.7 Å². The second-order valence-electron chi connectivity index (χ2n) is 4.12. The van der Waals surface area contributed by atoms with E-state index in [1.54, 1.807) is 0 Å². The summed E-state index contributed by atoms with van der Waals surface area (Å²) in [6.07, 6.45) is 0. The van der Waals surface area contributed by atoms with E-state index >= 15 is 0 Å². The van der Waals surface area contributed by atoms with E-state index in [2.05, 4.69) is 0 Å². The molecule has 4 nitrogen and oxygen atoms in total. The van der Waals surface area contributed by atoms with Gasteiger partial charge in [-0.25, -0.2) is 0 Å². The van der Waals surface area contributed by atoms with Gasteiger partial charge in [0.2, 0.25) is 0 Å². The Labute approximate surface area is 154 Å². The Morgan fingerprint density at radius 2 is 0.727 bits per heavy atom. The number of carbonyl (C=O) groups is 4. The van der Waals surface area contributed by atoms with Gasteiger partial charge >= 0.3 is 155 Å². The molecular weight excluding hydrogens is 548 g/mol. The molecule has 0 saturated carbocycles. The first-order valence-corrected chi connectivity index (χ1v) is 13.0. The quantitative estimate of drug-likeness (QED) is 0.322. The van der Waals surface area contributed by atoms with Crippen molar-refractivity contribution < 1.29 is 19.2 Å². The molecule has 0 bridgehead atoms. The minimum absolute atomic E-state index is 0.0826. The van der Waals surface area contributed by atoms with Crippen molar-refractivity contribution >= 4 is 96.4 Å². The third-order valence-electron chi connectivity index (χ3n) is 2.02. The van der Waals surface area contributed by atoms with Gasteiger partial charge < -0.3 is 0 Å². The molecule has 0 atom stereocenters. The van der Waals surface area contributed by atoms with Gasteiger partial charge in [-0.2, -0.15) is 0 Å². The van der Waals surface area contributed by atoms with Crippen LogP contribution in [0.2, 0.25) is 0 Å². The predicted octanol–water partition coefficient (Wildman–Crippen LogP) is -2.81. The van der Waals surface area contributed by atoms with Crippen LogP contribution in [0, 0.1) is 0 Å². The zero-order valence-corrected chi connectivity index (χ0v) is 19.3. The molecule has 0 N–H and O–H groups in total. The number of hydrogen-bond donors (Lipinski definition) is 0. The normalized spacial score (nSPS) is 10.4. The van der Waals surface area contributed by atoms with Gasteiger partial charge in [-0.05, 0) is 0 Å². The van der Waals surface area contributed by atoms with Crippen LogP contribution in [0.25, 0.3) is 0 Å². The molecule has 8 heteroatoms. The molecule has 118 valence electrons. The first-order chi connectivity index (χ1) is 10.2. The minimum atomic E-state index is -0.351. The van der Waals surface area contributed by atoms with Gasteiger partial charge in [0.15, 0.2) is 0 Å². The Bertz CT molecular complexity index is 534. The maximum absolute atomic E-state index is 11.5. The SMILES string of the molecule is CC(=O)[Se]c1cc([Se]C(C)=O)c([Se]C(C)=O)cc1[Se]C(C)=O. The van der Waals surface area contributed by atoms with E-state index in [0.29, 0.717) is 0 Å².